The Bertz CT molecular complexity index is 981. The van der Waals surface area contributed by atoms with Crippen molar-refractivity contribution in [2.75, 3.05) is 39.3 Å². The van der Waals surface area contributed by atoms with Crippen LogP contribution < -0.4 is 4.90 Å². The van der Waals surface area contributed by atoms with Crippen molar-refractivity contribution in [3.05, 3.63) is 59.2 Å². The Balaban J connectivity index is 1.93. The molecule has 0 saturated heterocycles. The third-order valence-electron chi connectivity index (χ3n) is 4.26. The molecule has 0 fully saturated rings. The van der Waals surface area contributed by atoms with Crippen LogP contribution in [0.2, 0.25) is 0 Å². The van der Waals surface area contributed by atoms with Gasteiger partial charge in [0.05, 0.1) is 11.9 Å². The second-order valence-electron chi connectivity index (χ2n) is 6.67. The monoisotopic (exact) mass is 368 g/mol. The Morgan fingerprint density at radius 1 is 1.11 bits per heavy atom. The molecule has 0 aliphatic rings. The topological polar surface area (TPSA) is 35.2 Å². The smallest absolute Gasteiger partial charge is 0.142 e. The molecule has 0 amide bonds. The maximum absolute atomic E-state index is 13.6. The Morgan fingerprint density at radius 3 is 2.52 bits per heavy atom. The molecule has 4 nitrogen and oxygen atoms in total. The summed E-state index contributed by atoms with van der Waals surface area (Å²) in [6.45, 7) is 0.599. The number of rotatable bonds is 5. The minimum Gasteiger partial charge on any atom is -0.372 e. The number of aromatic amines is 1. The van der Waals surface area contributed by atoms with Gasteiger partial charge in [-0.1, -0.05) is 5.92 Å². The highest BCUT2D eigenvalue weighted by atomic mass is 19.1. The molecule has 140 valence electrons. The van der Waals surface area contributed by atoms with Crippen LogP contribution in [-0.4, -0.2) is 49.2 Å². The zero-order valence-electron chi connectivity index (χ0n) is 15.7. The zero-order valence-corrected chi connectivity index (χ0v) is 15.7. The third kappa shape index (κ3) is 4.44. The van der Waals surface area contributed by atoms with E-state index in [1.54, 1.807) is 0 Å². The van der Waals surface area contributed by atoms with E-state index in [0.717, 1.165) is 27.9 Å². The molecule has 0 radical (unpaired) electrons. The third-order valence-corrected chi connectivity index (χ3v) is 4.26. The van der Waals surface area contributed by atoms with Crippen LogP contribution in [0.25, 0.3) is 11.0 Å². The molecule has 27 heavy (non-hydrogen) atoms. The van der Waals surface area contributed by atoms with E-state index in [9.17, 15) is 8.78 Å². The van der Waals surface area contributed by atoms with Gasteiger partial charge in [-0.05, 0) is 50.3 Å². The number of nitrogens with zero attached hydrogens (tertiary/aromatic N) is 3. The lowest BCUT2D eigenvalue weighted by atomic mass is 10.1. The Hall–Kier alpha value is -2.91. The van der Waals surface area contributed by atoms with Gasteiger partial charge in [-0.2, -0.15) is 0 Å². The van der Waals surface area contributed by atoms with Gasteiger partial charge in [0, 0.05) is 42.3 Å². The number of H-pyrrole nitrogens is 1. The first-order valence-electron chi connectivity index (χ1n) is 8.68. The maximum Gasteiger partial charge on any atom is 0.142 e. The number of alkyl halides is 1. The van der Waals surface area contributed by atoms with Crippen molar-refractivity contribution in [1.82, 2.24) is 14.9 Å². The summed E-state index contributed by atoms with van der Waals surface area (Å²) in [6, 6.07) is 9.13. The number of pyridine rings is 1. The average Bonchev–Trinajstić information content (AvgIpc) is 2.97. The number of halogens is 2. The predicted molar refractivity (Wildman–Crippen MR) is 105 cm³/mol. The van der Waals surface area contributed by atoms with Crippen LogP contribution in [0.3, 0.4) is 0 Å². The molecule has 0 bridgehead atoms. The molecular formula is C21H22F2N4. The molecule has 3 aromatic rings. The Labute approximate surface area is 157 Å². The summed E-state index contributed by atoms with van der Waals surface area (Å²) in [5.74, 6) is 5.92. The van der Waals surface area contributed by atoms with Gasteiger partial charge in [0.25, 0.3) is 0 Å². The zero-order chi connectivity index (χ0) is 19.4. The molecule has 0 saturated carbocycles. The molecule has 1 N–H and O–H groups in total. The summed E-state index contributed by atoms with van der Waals surface area (Å²) in [6.07, 6.45) is 1.20. The fourth-order valence-corrected chi connectivity index (χ4v) is 2.87. The van der Waals surface area contributed by atoms with Crippen LogP contribution in [-0.2, 0) is 6.54 Å². The summed E-state index contributed by atoms with van der Waals surface area (Å²) in [5, 5.41) is 0.746. The van der Waals surface area contributed by atoms with E-state index in [2.05, 4.69) is 21.8 Å². The standard InChI is InChI=1S/C21H22F2N4/c1-26(2)14-19-18-12-16(23)13-24-21(18)25-20(19)9-6-15-4-7-17(8-5-15)27(3)11-10-22/h4-5,7-8,12-13H,10-11,14H2,1-3H3,(H,24,25). The molecule has 1 aromatic carbocycles. The van der Waals surface area contributed by atoms with E-state index >= 15 is 0 Å². The van der Waals surface area contributed by atoms with Crippen LogP contribution in [0.4, 0.5) is 14.5 Å². The van der Waals surface area contributed by atoms with Crippen LogP contribution in [0, 0.1) is 17.7 Å². The number of anilines is 1. The first-order chi connectivity index (χ1) is 13.0. The predicted octanol–water partition coefficient (Wildman–Crippen LogP) is 3.57. The Kier molecular flexibility index (Phi) is 5.72. The first-order valence-corrected chi connectivity index (χ1v) is 8.68. The molecule has 0 unspecified atom stereocenters. The van der Waals surface area contributed by atoms with Gasteiger partial charge in [0.15, 0.2) is 0 Å². The average molecular weight is 368 g/mol. The molecule has 6 heteroatoms. The van der Waals surface area contributed by atoms with Gasteiger partial charge in [0.1, 0.15) is 18.1 Å². The van der Waals surface area contributed by atoms with Gasteiger partial charge in [0.2, 0.25) is 0 Å². The number of benzene rings is 1. The lowest BCUT2D eigenvalue weighted by Crippen LogP contribution is -2.19. The molecule has 3 rings (SSSR count). The lowest BCUT2D eigenvalue weighted by molar-refractivity contribution is 0.403. The molecule has 0 spiro atoms. The highest BCUT2D eigenvalue weighted by Gasteiger charge is 2.12. The SMILES string of the molecule is CN(C)Cc1c(C#Cc2ccc(N(C)CCF)cc2)[nH]c2ncc(F)cc12. The minimum absolute atomic E-state index is 0.359. The number of fused-ring (bicyclic) bond motifs is 1. The first kappa shape index (κ1) is 18.9. The highest BCUT2D eigenvalue weighted by molar-refractivity contribution is 5.82. The second kappa shape index (κ2) is 8.19. The molecule has 2 heterocycles. The van der Waals surface area contributed by atoms with Gasteiger partial charge in [-0.25, -0.2) is 13.8 Å². The summed E-state index contributed by atoms with van der Waals surface area (Å²) in [5.41, 5.74) is 4.07. The van der Waals surface area contributed by atoms with Crippen molar-refractivity contribution in [3.63, 3.8) is 0 Å². The van der Waals surface area contributed by atoms with Crippen LogP contribution in [0.1, 0.15) is 16.8 Å². The van der Waals surface area contributed by atoms with Crippen LogP contribution >= 0.6 is 0 Å². The molecule has 0 aliphatic heterocycles. The quantitative estimate of drug-likeness (QED) is 0.700. The fraction of sp³-hybridized carbons (Fsp3) is 0.286. The molecule has 2 aromatic heterocycles. The van der Waals surface area contributed by atoms with E-state index in [4.69, 9.17) is 0 Å². The Morgan fingerprint density at radius 2 is 1.85 bits per heavy atom. The highest BCUT2D eigenvalue weighted by Crippen LogP contribution is 2.22. The number of hydrogen-bond donors (Lipinski definition) is 1. The van der Waals surface area contributed by atoms with Crippen molar-refractivity contribution in [1.29, 1.82) is 0 Å². The van der Waals surface area contributed by atoms with Crippen molar-refractivity contribution in [3.8, 4) is 11.8 Å². The van der Waals surface area contributed by atoms with Gasteiger partial charge in [-0.3, -0.25) is 0 Å². The van der Waals surface area contributed by atoms with E-state index < -0.39 is 0 Å². The van der Waals surface area contributed by atoms with Gasteiger partial charge >= 0.3 is 0 Å². The summed E-state index contributed by atoms with van der Waals surface area (Å²) in [7, 11) is 5.76. The normalized spacial score (nSPS) is 10.9. The van der Waals surface area contributed by atoms with Crippen molar-refractivity contribution >= 4 is 16.7 Å². The lowest BCUT2D eigenvalue weighted by Gasteiger charge is -2.16. The molecular weight excluding hydrogens is 346 g/mol. The summed E-state index contributed by atoms with van der Waals surface area (Å²) >= 11 is 0. The number of aromatic nitrogens is 2. The molecule has 0 atom stereocenters. The second-order valence-corrected chi connectivity index (χ2v) is 6.67. The van der Waals surface area contributed by atoms with Crippen LogP contribution in [0.15, 0.2) is 36.5 Å². The van der Waals surface area contributed by atoms with Crippen LogP contribution in [0.5, 0.6) is 0 Å². The van der Waals surface area contributed by atoms with Crippen molar-refractivity contribution < 1.29 is 8.78 Å². The van der Waals surface area contributed by atoms with E-state index in [-0.39, 0.29) is 12.5 Å². The van der Waals surface area contributed by atoms with E-state index in [1.807, 2.05) is 55.2 Å². The number of hydrogen-bond acceptors (Lipinski definition) is 3. The maximum atomic E-state index is 13.6. The van der Waals surface area contributed by atoms with Gasteiger partial charge in [-0.15, -0.1) is 0 Å². The largest absolute Gasteiger partial charge is 0.372 e. The summed E-state index contributed by atoms with van der Waals surface area (Å²) < 4.78 is 26.1. The van der Waals surface area contributed by atoms with Crippen molar-refractivity contribution in [2.45, 2.75) is 6.54 Å². The van der Waals surface area contributed by atoms with E-state index in [1.165, 1.54) is 12.3 Å². The van der Waals surface area contributed by atoms with E-state index in [0.29, 0.717) is 18.7 Å². The fourth-order valence-electron chi connectivity index (χ4n) is 2.87. The van der Waals surface area contributed by atoms with Gasteiger partial charge < -0.3 is 14.8 Å². The summed E-state index contributed by atoms with van der Waals surface area (Å²) in [4.78, 5) is 11.2. The molecule has 0 aliphatic carbocycles. The minimum atomic E-state index is -0.387. The number of nitrogens with one attached hydrogen (secondary N) is 1. The van der Waals surface area contributed by atoms with Crippen molar-refractivity contribution in [2.24, 2.45) is 0 Å².